The Morgan fingerprint density at radius 3 is 2.41 bits per heavy atom. The quantitative estimate of drug-likeness (QED) is 0.167. The summed E-state index contributed by atoms with van der Waals surface area (Å²) in [6.45, 7) is 6.30. The Bertz CT molecular complexity index is 1270. The van der Waals surface area contributed by atoms with Gasteiger partial charge in [0.25, 0.3) is 0 Å². The third-order valence-electron chi connectivity index (χ3n) is 4.93. The summed E-state index contributed by atoms with van der Waals surface area (Å²) in [7, 11) is 0. The average Bonchev–Trinajstić information content (AvgIpc) is 3.20. The highest BCUT2D eigenvalue weighted by Gasteiger charge is 2.18. The third kappa shape index (κ3) is 6.53. The Labute approximate surface area is 213 Å². The highest BCUT2D eigenvalue weighted by molar-refractivity contribution is 14.1. The number of furan rings is 1. The second-order valence-electron chi connectivity index (χ2n) is 8.97. The van der Waals surface area contributed by atoms with Gasteiger partial charge in [-0.15, -0.1) is 0 Å². The Morgan fingerprint density at radius 1 is 0.912 bits per heavy atom. The van der Waals surface area contributed by atoms with E-state index in [0.717, 1.165) is 31.4 Å². The lowest BCUT2D eigenvalue weighted by atomic mass is 10.1. The maximum absolute atomic E-state index is 12.3. The molecule has 1 heterocycles. The van der Waals surface area contributed by atoms with Crippen LogP contribution in [0.3, 0.4) is 0 Å². The second kappa shape index (κ2) is 10.5. The molecule has 0 atom stereocenters. The summed E-state index contributed by atoms with van der Waals surface area (Å²) in [5, 5.41) is 0.999. The van der Waals surface area contributed by atoms with Gasteiger partial charge in [-0.25, -0.2) is 0 Å². The first-order valence-electron chi connectivity index (χ1n) is 11.1. The van der Waals surface area contributed by atoms with Crippen LogP contribution in [-0.4, -0.2) is 11.6 Å². The number of halogens is 1. The van der Waals surface area contributed by atoms with E-state index in [-0.39, 0.29) is 19.0 Å². The average molecular weight is 570 g/mol. The first-order chi connectivity index (χ1) is 16.3. The predicted octanol–water partition coefficient (Wildman–Crippen LogP) is 7.08. The molecule has 0 fully saturated rings. The van der Waals surface area contributed by atoms with E-state index >= 15 is 0 Å². The number of ether oxygens (including phenoxy) is 3. The fraction of sp³-hybridized carbons (Fsp3) is 0.250. The van der Waals surface area contributed by atoms with Gasteiger partial charge in [-0.3, -0.25) is 4.79 Å². The molecule has 176 valence electrons. The highest BCUT2D eigenvalue weighted by Crippen LogP contribution is 2.28. The number of hydrogen-bond acceptors (Lipinski definition) is 5. The Balaban J connectivity index is 1.44. The normalized spacial score (nSPS) is 11.4. The van der Waals surface area contributed by atoms with Crippen LogP contribution in [0, 0.1) is 3.57 Å². The SMILES string of the molecule is CC(C)(C)OC(=O)Cc1ccccc1OCc1cc2cc(COc3ccccc3)cc(I)c2o1. The minimum absolute atomic E-state index is 0.149. The summed E-state index contributed by atoms with van der Waals surface area (Å²) < 4.78 is 24.4. The summed E-state index contributed by atoms with van der Waals surface area (Å²) in [5.74, 6) is 1.90. The molecule has 1 aromatic heterocycles. The Hall–Kier alpha value is -3.00. The third-order valence-corrected chi connectivity index (χ3v) is 5.73. The van der Waals surface area contributed by atoms with E-state index in [1.807, 2.05) is 81.4 Å². The van der Waals surface area contributed by atoms with Crippen LogP contribution >= 0.6 is 22.6 Å². The van der Waals surface area contributed by atoms with Crippen molar-refractivity contribution in [1.29, 1.82) is 0 Å². The number of carbonyl (C=O) groups is 1. The summed E-state index contributed by atoms with van der Waals surface area (Å²) in [5.41, 5.74) is 2.15. The summed E-state index contributed by atoms with van der Waals surface area (Å²) in [6, 6.07) is 23.4. The minimum atomic E-state index is -0.525. The van der Waals surface area contributed by atoms with Gasteiger partial charge in [0.2, 0.25) is 0 Å². The predicted molar refractivity (Wildman–Crippen MR) is 140 cm³/mol. The van der Waals surface area contributed by atoms with Gasteiger partial charge in [0.1, 0.15) is 41.7 Å². The van der Waals surface area contributed by atoms with Crippen LogP contribution in [0.5, 0.6) is 11.5 Å². The second-order valence-corrected chi connectivity index (χ2v) is 10.1. The molecule has 5 nitrogen and oxygen atoms in total. The number of para-hydroxylation sites is 2. The molecule has 0 spiro atoms. The van der Waals surface area contributed by atoms with Gasteiger partial charge in [-0.2, -0.15) is 0 Å². The van der Waals surface area contributed by atoms with E-state index < -0.39 is 5.60 Å². The first-order valence-corrected chi connectivity index (χ1v) is 12.2. The molecular formula is C28H27IO5. The van der Waals surface area contributed by atoms with Gasteiger partial charge < -0.3 is 18.6 Å². The lowest BCUT2D eigenvalue weighted by Crippen LogP contribution is -2.25. The zero-order valence-electron chi connectivity index (χ0n) is 19.5. The van der Waals surface area contributed by atoms with Gasteiger partial charge in [-0.05, 0) is 85.3 Å². The van der Waals surface area contributed by atoms with E-state index in [2.05, 4.69) is 34.7 Å². The van der Waals surface area contributed by atoms with Gasteiger partial charge in [-0.1, -0.05) is 36.4 Å². The fourth-order valence-corrected chi connectivity index (χ4v) is 4.35. The molecule has 0 radical (unpaired) electrons. The fourth-order valence-electron chi connectivity index (χ4n) is 3.53. The van der Waals surface area contributed by atoms with E-state index in [9.17, 15) is 4.79 Å². The van der Waals surface area contributed by atoms with Crippen molar-refractivity contribution >= 4 is 39.5 Å². The van der Waals surface area contributed by atoms with E-state index in [1.165, 1.54) is 0 Å². The molecule has 0 aliphatic heterocycles. The van der Waals surface area contributed by atoms with Crippen molar-refractivity contribution in [2.45, 2.75) is 46.0 Å². The van der Waals surface area contributed by atoms with Gasteiger partial charge in [0, 0.05) is 10.9 Å². The molecule has 4 rings (SSSR count). The van der Waals surface area contributed by atoms with Gasteiger partial charge >= 0.3 is 5.97 Å². The molecule has 0 bridgehead atoms. The van der Waals surface area contributed by atoms with Gasteiger partial charge in [0.05, 0.1) is 9.99 Å². The molecule has 0 aliphatic carbocycles. The maximum atomic E-state index is 12.3. The molecule has 0 aliphatic rings. The van der Waals surface area contributed by atoms with E-state index in [0.29, 0.717) is 18.1 Å². The summed E-state index contributed by atoms with van der Waals surface area (Å²) >= 11 is 2.28. The molecular weight excluding hydrogens is 543 g/mol. The topological polar surface area (TPSA) is 57.9 Å². The zero-order valence-corrected chi connectivity index (χ0v) is 21.6. The Kier molecular flexibility index (Phi) is 7.46. The molecule has 3 aromatic carbocycles. The largest absolute Gasteiger partial charge is 0.489 e. The number of rotatable bonds is 8. The van der Waals surface area contributed by atoms with Crippen molar-refractivity contribution in [3.63, 3.8) is 0 Å². The maximum Gasteiger partial charge on any atom is 0.310 e. The van der Waals surface area contributed by atoms with Crippen LogP contribution in [0.4, 0.5) is 0 Å². The molecule has 0 amide bonds. The Morgan fingerprint density at radius 2 is 1.65 bits per heavy atom. The lowest BCUT2D eigenvalue weighted by molar-refractivity contribution is -0.153. The number of carbonyl (C=O) groups excluding carboxylic acids is 1. The van der Waals surface area contributed by atoms with Crippen molar-refractivity contribution in [1.82, 2.24) is 0 Å². The molecule has 0 saturated carbocycles. The lowest BCUT2D eigenvalue weighted by Gasteiger charge is -2.20. The van der Waals surface area contributed by atoms with Crippen LogP contribution in [0.2, 0.25) is 0 Å². The van der Waals surface area contributed by atoms with E-state index in [4.69, 9.17) is 18.6 Å². The molecule has 0 unspecified atom stereocenters. The van der Waals surface area contributed by atoms with Crippen molar-refractivity contribution < 1.29 is 23.4 Å². The van der Waals surface area contributed by atoms with Crippen molar-refractivity contribution in [3.05, 3.63) is 93.3 Å². The molecule has 0 N–H and O–H groups in total. The molecule has 4 aromatic rings. The van der Waals surface area contributed by atoms with Crippen LogP contribution in [0.25, 0.3) is 11.0 Å². The van der Waals surface area contributed by atoms with Crippen molar-refractivity contribution in [2.24, 2.45) is 0 Å². The van der Waals surface area contributed by atoms with Crippen LogP contribution in [-0.2, 0) is 29.2 Å². The van der Waals surface area contributed by atoms with Crippen molar-refractivity contribution in [2.75, 3.05) is 0 Å². The van der Waals surface area contributed by atoms with Gasteiger partial charge in [0.15, 0.2) is 0 Å². The smallest absolute Gasteiger partial charge is 0.310 e. The molecule has 6 heteroatoms. The summed E-state index contributed by atoms with van der Waals surface area (Å²) in [6.07, 6.45) is 0.149. The number of fused-ring (bicyclic) bond motifs is 1. The highest BCUT2D eigenvalue weighted by atomic mass is 127. The van der Waals surface area contributed by atoms with E-state index in [1.54, 1.807) is 0 Å². The summed E-state index contributed by atoms with van der Waals surface area (Å²) in [4.78, 5) is 12.3. The minimum Gasteiger partial charge on any atom is -0.489 e. The van der Waals surface area contributed by atoms with Crippen molar-refractivity contribution in [3.8, 4) is 11.5 Å². The van der Waals surface area contributed by atoms with Crippen LogP contribution in [0.1, 0.15) is 37.7 Å². The zero-order chi connectivity index (χ0) is 24.1. The van der Waals surface area contributed by atoms with Crippen LogP contribution < -0.4 is 9.47 Å². The number of hydrogen-bond donors (Lipinski definition) is 0. The molecule has 34 heavy (non-hydrogen) atoms. The standard InChI is InChI=1S/C28H27IO5/c1-28(2,3)34-26(30)16-20-9-7-8-12-25(20)32-18-23-15-21-13-19(14-24(29)27(21)33-23)17-31-22-10-5-4-6-11-22/h4-15H,16-18H2,1-3H3. The number of benzene rings is 3. The first kappa shape index (κ1) is 24.1. The monoisotopic (exact) mass is 570 g/mol. The van der Waals surface area contributed by atoms with Crippen LogP contribution in [0.15, 0.2) is 77.2 Å². The molecule has 0 saturated heterocycles. The number of esters is 1.